The number of rotatable bonds is 9. The van der Waals surface area contributed by atoms with E-state index >= 15 is 0 Å². The number of likely N-dealkylation sites (N-methyl/N-ethyl adjacent to an activating group) is 1. The molecule has 0 aromatic heterocycles. The third kappa shape index (κ3) is 6.82. The summed E-state index contributed by atoms with van der Waals surface area (Å²) in [6, 6.07) is 6.02. The maximum atomic E-state index is 12.8. The summed E-state index contributed by atoms with van der Waals surface area (Å²) in [4.78, 5) is 14.8. The molecule has 1 aliphatic heterocycles. The number of benzene rings is 1. The molecule has 0 amide bonds. The van der Waals surface area contributed by atoms with E-state index in [4.69, 9.17) is 14.6 Å². The topological polar surface area (TPSA) is 62.2 Å². The second-order valence-electron chi connectivity index (χ2n) is 6.04. The molecule has 134 valence electrons. The standard InChI is InChI=1S/C17H25FN2O4/c1-19(13-17(21)22)11-16-12-20(8-10-24-16)7-2-9-23-15-5-3-14(18)4-6-15/h3-6,16H,2,7-13H2,1H3,(H,21,22). The predicted molar refractivity (Wildman–Crippen MR) is 87.8 cm³/mol. The van der Waals surface area contributed by atoms with Crippen LogP contribution < -0.4 is 4.74 Å². The van der Waals surface area contributed by atoms with Crippen molar-refractivity contribution in [3.8, 4) is 5.75 Å². The van der Waals surface area contributed by atoms with Crippen LogP contribution in [0.4, 0.5) is 4.39 Å². The van der Waals surface area contributed by atoms with Crippen molar-refractivity contribution in [3.05, 3.63) is 30.1 Å². The second kappa shape index (κ2) is 9.56. The molecule has 1 aromatic rings. The van der Waals surface area contributed by atoms with Crippen LogP contribution in [0.1, 0.15) is 6.42 Å². The Morgan fingerprint density at radius 1 is 1.46 bits per heavy atom. The van der Waals surface area contributed by atoms with Gasteiger partial charge < -0.3 is 14.6 Å². The van der Waals surface area contributed by atoms with Gasteiger partial charge in [0.15, 0.2) is 0 Å². The molecule has 0 saturated carbocycles. The fraction of sp³-hybridized carbons (Fsp3) is 0.588. The first-order valence-electron chi connectivity index (χ1n) is 8.15. The zero-order valence-electron chi connectivity index (χ0n) is 14.0. The second-order valence-corrected chi connectivity index (χ2v) is 6.04. The van der Waals surface area contributed by atoms with Crippen LogP contribution in [0.15, 0.2) is 24.3 Å². The average molecular weight is 340 g/mol. The minimum Gasteiger partial charge on any atom is -0.494 e. The van der Waals surface area contributed by atoms with Gasteiger partial charge in [-0.3, -0.25) is 14.6 Å². The Morgan fingerprint density at radius 3 is 2.92 bits per heavy atom. The fourth-order valence-electron chi connectivity index (χ4n) is 2.75. The maximum Gasteiger partial charge on any atom is 0.317 e. The highest BCUT2D eigenvalue weighted by Gasteiger charge is 2.22. The van der Waals surface area contributed by atoms with Crippen molar-refractivity contribution in [3.63, 3.8) is 0 Å². The van der Waals surface area contributed by atoms with Gasteiger partial charge in [0, 0.05) is 26.2 Å². The summed E-state index contributed by atoms with van der Waals surface area (Å²) in [6.07, 6.45) is 0.899. The molecular formula is C17H25FN2O4. The van der Waals surface area contributed by atoms with E-state index in [2.05, 4.69) is 4.90 Å². The van der Waals surface area contributed by atoms with Crippen molar-refractivity contribution in [2.45, 2.75) is 12.5 Å². The van der Waals surface area contributed by atoms with E-state index < -0.39 is 5.97 Å². The summed E-state index contributed by atoms with van der Waals surface area (Å²) in [5.41, 5.74) is 0. The Bertz CT molecular complexity index is 512. The van der Waals surface area contributed by atoms with Crippen LogP contribution in [0.3, 0.4) is 0 Å². The van der Waals surface area contributed by atoms with Crippen molar-refractivity contribution < 1.29 is 23.8 Å². The largest absolute Gasteiger partial charge is 0.494 e. The Balaban J connectivity index is 1.63. The molecule has 6 nitrogen and oxygen atoms in total. The summed E-state index contributed by atoms with van der Waals surface area (Å²) in [5, 5.41) is 8.79. The van der Waals surface area contributed by atoms with Gasteiger partial charge in [-0.25, -0.2) is 4.39 Å². The van der Waals surface area contributed by atoms with Gasteiger partial charge in [0.1, 0.15) is 11.6 Å². The number of carbonyl (C=O) groups is 1. The average Bonchev–Trinajstić information content (AvgIpc) is 2.53. The molecule has 7 heteroatoms. The summed E-state index contributed by atoms with van der Waals surface area (Å²) in [7, 11) is 1.78. The highest BCUT2D eigenvalue weighted by atomic mass is 19.1. The number of hydrogen-bond acceptors (Lipinski definition) is 5. The Kier molecular flexibility index (Phi) is 7.42. The first kappa shape index (κ1) is 18.6. The van der Waals surface area contributed by atoms with Crippen LogP contribution in [0.2, 0.25) is 0 Å². The lowest BCUT2D eigenvalue weighted by atomic mass is 10.2. The van der Waals surface area contributed by atoms with Gasteiger partial charge in [-0.2, -0.15) is 0 Å². The predicted octanol–water partition coefficient (Wildman–Crippen LogP) is 1.31. The number of carboxylic acid groups (broad SMARTS) is 1. The molecular weight excluding hydrogens is 315 g/mol. The number of aliphatic carboxylic acids is 1. The molecule has 0 radical (unpaired) electrons. The van der Waals surface area contributed by atoms with Crippen LogP contribution in [-0.4, -0.2) is 80.0 Å². The van der Waals surface area contributed by atoms with E-state index in [1.54, 1.807) is 24.1 Å². The van der Waals surface area contributed by atoms with Crippen LogP contribution >= 0.6 is 0 Å². The first-order chi connectivity index (χ1) is 11.5. The van der Waals surface area contributed by atoms with Gasteiger partial charge in [0.25, 0.3) is 0 Å². The molecule has 1 N–H and O–H groups in total. The molecule has 1 atom stereocenters. The molecule has 2 rings (SSSR count). The van der Waals surface area contributed by atoms with E-state index in [-0.39, 0.29) is 18.5 Å². The van der Waals surface area contributed by atoms with E-state index in [0.29, 0.717) is 25.5 Å². The lowest BCUT2D eigenvalue weighted by molar-refractivity contribution is -0.138. The van der Waals surface area contributed by atoms with Crippen LogP contribution in [0, 0.1) is 5.82 Å². The van der Waals surface area contributed by atoms with Gasteiger partial charge >= 0.3 is 5.97 Å². The van der Waals surface area contributed by atoms with E-state index in [9.17, 15) is 9.18 Å². The minimum absolute atomic E-state index is 0.0192. The molecule has 1 unspecified atom stereocenters. The first-order valence-corrected chi connectivity index (χ1v) is 8.15. The lowest BCUT2D eigenvalue weighted by Gasteiger charge is -2.34. The van der Waals surface area contributed by atoms with Gasteiger partial charge in [-0.1, -0.05) is 0 Å². The van der Waals surface area contributed by atoms with Gasteiger partial charge in [0.05, 0.1) is 25.9 Å². The van der Waals surface area contributed by atoms with Crippen molar-refractivity contribution >= 4 is 5.97 Å². The summed E-state index contributed by atoms with van der Waals surface area (Å²) in [6.45, 7) is 4.41. The van der Waals surface area contributed by atoms with Crippen LogP contribution in [-0.2, 0) is 9.53 Å². The van der Waals surface area contributed by atoms with E-state index in [1.165, 1.54) is 12.1 Å². The molecule has 0 spiro atoms. The Morgan fingerprint density at radius 2 is 2.21 bits per heavy atom. The molecule has 1 fully saturated rings. The third-order valence-electron chi connectivity index (χ3n) is 3.84. The molecule has 0 bridgehead atoms. The molecule has 1 aromatic carbocycles. The summed E-state index contributed by atoms with van der Waals surface area (Å²) >= 11 is 0. The zero-order valence-corrected chi connectivity index (χ0v) is 14.0. The molecule has 1 aliphatic rings. The van der Waals surface area contributed by atoms with E-state index in [0.717, 1.165) is 26.1 Å². The van der Waals surface area contributed by atoms with Crippen molar-refractivity contribution in [1.29, 1.82) is 0 Å². The fourth-order valence-corrected chi connectivity index (χ4v) is 2.75. The minimum atomic E-state index is -0.830. The number of nitrogens with zero attached hydrogens (tertiary/aromatic N) is 2. The van der Waals surface area contributed by atoms with Gasteiger partial charge in [-0.05, 0) is 37.7 Å². The number of ether oxygens (including phenoxy) is 2. The molecule has 1 heterocycles. The molecule has 0 aliphatic carbocycles. The van der Waals surface area contributed by atoms with Crippen molar-refractivity contribution in [1.82, 2.24) is 9.80 Å². The number of carboxylic acids is 1. The SMILES string of the molecule is CN(CC(=O)O)CC1CN(CCCOc2ccc(F)cc2)CCO1. The van der Waals surface area contributed by atoms with Crippen LogP contribution in [0.5, 0.6) is 5.75 Å². The summed E-state index contributed by atoms with van der Waals surface area (Å²) in [5.74, 6) is -0.427. The highest BCUT2D eigenvalue weighted by Crippen LogP contribution is 2.12. The number of morpholine rings is 1. The van der Waals surface area contributed by atoms with Gasteiger partial charge in [-0.15, -0.1) is 0 Å². The highest BCUT2D eigenvalue weighted by molar-refractivity contribution is 5.69. The van der Waals surface area contributed by atoms with Crippen LogP contribution in [0.25, 0.3) is 0 Å². The third-order valence-corrected chi connectivity index (χ3v) is 3.84. The molecule has 1 saturated heterocycles. The number of hydrogen-bond donors (Lipinski definition) is 1. The van der Waals surface area contributed by atoms with Crippen molar-refractivity contribution in [2.24, 2.45) is 0 Å². The smallest absolute Gasteiger partial charge is 0.317 e. The van der Waals surface area contributed by atoms with E-state index in [1.807, 2.05) is 0 Å². The summed E-state index contributed by atoms with van der Waals surface area (Å²) < 4.78 is 24.1. The monoisotopic (exact) mass is 340 g/mol. The van der Waals surface area contributed by atoms with Gasteiger partial charge in [0.2, 0.25) is 0 Å². The Hall–Kier alpha value is -1.70. The Labute approximate surface area is 141 Å². The maximum absolute atomic E-state index is 12.8. The van der Waals surface area contributed by atoms with Crippen molar-refractivity contribution in [2.75, 3.05) is 53.0 Å². The quantitative estimate of drug-likeness (QED) is 0.684. The number of halogens is 1. The molecule has 24 heavy (non-hydrogen) atoms. The zero-order chi connectivity index (χ0) is 17.4. The normalized spacial score (nSPS) is 18.7. The lowest BCUT2D eigenvalue weighted by Crippen LogP contribution is -2.47.